The van der Waals surface area contributed by atoms with E-state index in [2.05, 4.69) is 9.88 Å². The molecular weight excluding hydrogens is 163 g/mol. The lowest BCUT2D eigenvalue weighted by molar-refractivity contribution is 0.0599. The largest absolute Gasteiger partial charge is 0.292 e. The van der Waals surface area contributed by atoms with E-state index in [0.717, 1.165) is 6.54 Å². The molecule has 1 fully saturated rings. The maximum atomic E-state index is 12.3. The fourth-order valence-electron chi connectivity index (χ4n) is 1.18. The summed E-state index contributed by atoms with van der Waals surface area (Å²) in [6.07, 6.45) is 1.25. The Morgan fingerprint density at radius 1 is 1.73 bits per heavy atom. The molecule has 0 amide bonds. The van der Waals surface area contributed by atoms with E-state index in [9.17, 15) is 4.39 Å². The van der Waals surface area contributed by atoms with Gasteiger partial charge in [-0.25, -0.2) is 4.39 Å². The SMILES string of the molecule is FC1CN(Cc2cncs2)C1. The van der Waals surface area contributed by atoms with Crippen molar-refractivity contribution in [2.45, 2.75) is 12.7 Å². The Hall–Kier alpha value is -0.480. The van der Waals surface area contributed by atoms with Gasteiger partial charge in [0, 0.05) is 30.7 Å². The van der Waals surface area contributed by atoms with Crippen LogP contribution >= 0.6 is 11.3 Å². The molecule has 1 aromatic rings. The Balaban J connectivity index is 1.84. The highest BCUT2D eigenvalue weighted by atomic mass is 32.1. The molecule has 0 spiro atoms. The van der Waals surface area contributed by atoms with Crippen LogP contribution in [-0.4, -0.2) is 29.1 Å². The first-order valence-electron chi connectivity index (χ1n) is 3.58. The average Bonchev–Trinajstić information content (AvgIpc) is 2.36. The maximum absolute atomic E-state index is 12.3. The molecule has 0 unspecified atom stereocenters. The van der Waals surface area contributed by atoms with E-state index in [1.54, 1.807) is 11.3 Å². The van der Waals surface area contributed by atoms with Crippen LogP contribution in [0.5, 0.6) is 0 Å². The highest BCUT2D eigenvalue weighted by Gasteiger charge is 2.25. The molecule has 0 aliphatic carbocycles. The molecule has 1 aliphatic heterocycles. The van der Waals surface area contributed by atoms with Gasteiger partial charge in [-0.05, 0) is 0 Å². The van der Waals surface area contributed by atoms with Gasteiger partial charge in [0.05, 0.1) is 5.51 Å². The molecular formula is C7H9FN2S. The second-order valence-corrected chi connectivity index (χ2v) is 3.73. The molecule has 1 aromatic heterocycles. The van der Waals surface area contributed by atoms with E-state index in [0.29, 0.717) is 13.1 Å². The summed E-state index contributed by atoms with van der Waals surface area (Å²) < 4.78 is 12.3. The van der Waals surface area contributed by atoms with Gasteiger partial charge in [-0.1, -0.05) is 0 Å². The van der Waals surface area contributed by atoms with Crippen molar-refractivity contribution in [1.82, 2.24) is 9.88 Å². The number of aromatic nitrogens is 1. The Bertz CT molecular complexity index is 218. The highest BCUT2D eigenvalue weighted by molar-refractivity contribution is 7.09. The molecule has 0 atom stereocenters. The molecule has 0 radical (unpaired) electrons. The van der Waals surface area contributed by atoms with Crippen LogP contribution < -0.4 is 0 Å². The Kier molecular flexibility index (Phi) is 1.87. The second kappa shape index (κ2) is 2.87. The van der Waals surface area contributed by atoms with Gasteiger partial charge < -0.3 is 0 Å². The number of hydrogen-bond acceptors (Lipinski definition) is 3. The monoisotopic (exact) mass is 172 g/mol. The lowest BCUT2D eigenvalue weighted by Crippen LogP contribution is -2.47. The summed E-state index contributed by atoms with van der Waals surface area (Å²) >= 11 is 1.63. The van der Waals surface area contributed by atoms with Crippen LogP contribution in [0.25, 0.3) is 0 Å². The Morgan fingerprint density at radius 2 is 2.55 bits per heavy atom. The molecule has 0 N–H and O–H groups in total. The van der Waals surface area contributed by atoms with Crippen LogP contribution in [0, 0.1) is 0 Å². The zero-order chi connectivity index (χ0) is 7.68. The minimum absolute atomic E-state index is 0.595. The summed E-state index contributed by atoms with van der Waals surface area (Å²) in [5.41, 5.74) is 1.81. The van der Waals surface area contributed by atoms with Crippen molar-refractivity contribution in [3.05, 3.63) is 16.6 Å². The van der Waals surface area contributed by atoms with E-state index in [4.69, 9.17) is 0 Å². The third-order valence-electron chi connectivity index (χ3n) is 1.78. The van der Waals surface area contributed by atoms with E-state index >= 15 is 0 Å². The number of halogens is 1. The molecule has 60 valence electrons. The second-order valence-electron chi connectivity index (χ2n) is 2.76. The van der Waals surface area contributed by atoms with Crippen molar-refractivity contribution in [2.75, 3.05) is 13.1 Å². The Labute approximate surface area is 68.7 Å². The van der Waals surface area contributed by atoms with Gasteiger partial charge in [-0.2, -0.15) is 0 Å². The minimum atomic E-state index is -0.595. The lowest BCUT2D eigenvalue weighted by Gasteiger charge is -2.33. The fourth-order valence-corrected chi connectivity index (χ4v) is 1.81. The normalized spacial score (nSPS) is 20.1. The summed E-state index contributed by atoms with van der Waals surface area (Å²) in [6, 6.07) is 0. The van der Waals surface area contributed by atoms with Crippen molar-refractivity contribution in [2.24, 2.45) is 0 Å². The fraction of sp³-hybridized carbons (Fsp3) is 0.571. The van der Waals surface area contributed by atoms with Crippen LogP contribution in [0.3, 0.4) is 0 Å². The Morgan fingerprint density at radius 3 is 3.09 bits per heavy atom. The van der Waals surface area contributed by atoms with Gasteiger partial charge in [0.2, 0.25) is 0 Å². The van der Waals surface area contributed by atoms with Crippen LogP contribution in [0.15, 0.2) is 11.7 Å². The number of likely N-dealkylation sites (tertiary alicyclic amines) is 1. The first-order valence-corrected chi connectivity index (χ1v) is 4.46. The number of nitrogens with zero attached hydrogens (tertiary/aromatic N) is 2. The predicted molar refractivity (Wildman–Crippen MR) is 42.3 cm³/mol. The zero-order valence-electron chi connectivity index (χ0n) is 6.03. The summed E-state index contributed by atoms with van der Waals surface area (Å²) in [6.45, 7) is 2.06. The van der Waals surface area contributed by atoms with Crippen LogP contribution in [0.2, 0.25) is 0 Å². The molecule has 0 saturated carbocycles. The lowest BCUT2D eigenvalue weighted by atomic mass is 10.2. The first-order chi connectivity index (χ1) is 5.34. The third kappa shape index (κ3) is 1.57. The third-order valence-corrected chi connectivity index (χ3v) is 2.54. The molecule has 2 rings (SSSR count). The summed E-state index contributed by atoms with van der Waals surface area (Å²) in [4.78, 5) is 7.25. The predicted octanol–water partition coefficient (Wildman–Crippen LogP) is 1.30. The minimum Gasteiger partial charge on any atom is -0.292 e. The highest BCUT2D eigenvalue weighted by Crippen LogP contribution is 2.16. The molecule has 2 nitrogen and oxygen atoms in total. The average molecular weight is 172 g/mol. The molecule has 2 heterocycles. The maximum Gasteiger partial charge on any atom is 0.125 e. The van der Waals surface area contributed by atoms with Gasteiger partial charge in [0.1, 0.15) is 6.17 Å². The molecule has 1 saturated heterocycles. The number of thiazole rings is 1. The van der Waals surface area contributed by atoms with E-state index < -0.39 is 6.17 Å². The molecule has 0 aromatic carbocycles. The molecule has 4 heteroatoms. The van der Waals surface area contributed by atoms with Gasteiger partial charge >= 0.3 is 0 Å². The molecule has 1 aliphatic rings. The van der Waals surface area contributed by atoms with E-state index in [-0.39, 0.29) is 0 Å². The smallest absolute Gasteiger partial charge is 0.125 e. The zero-order valence-corrected chi connectivity index (χ0v) is 6.85. The van der Waals surface area contributed by atoms with Gasteiger partial charge in [-0.3, -0.25) is 9.88 Å². The van der Waals surface area contributed by atoms with Crippen molar-refractivity contribution in [3.63, 3.8) is 0 Å². The first kappa shape index (κ1) is 7.18. The number of alkyl halides is 1. The summed E-state index contributed by atoms with van der Waals surface area (Å²) in [7, 11) is 0. The van der Waals surface area contributed by atoms with Crippen molar-refractivity contribution >= 4 is 11.3 Å². The van der Waals surface area contributed by atoms with E-state index in [1.165, 1.54) is 4.88 Å². The van der Waals surface area contributed by atoms with Gasteiger partial charge in [-0.15, -0.1) is 11.3 Å². The van der Waals surface area contributed by atoms with Crippen LogP contribution in [-0.2, 0) is 6.54 Å². The quantitative estimate of drug-likeness (QED) is 0.668. The van der Waals surface area contributed by atoms with Crippen molar-refractivity contribution in [1.29, 1.82) is 0 Å². The van der Waals surface area contributed by atoms with Gasteiger partial charge in [0.15, 0.2) is 0 Å². The molecule has 0 bridgehead atoms. The molecule has 11 heavy (non-hydrogen) atoms. The van der Waals surface area contributed by atoms with Crippen LogP contribution in [0.4, 0.5) is 4.39 Å². The summed E-state index contributed by atoms with van der Waals surface area (Å²) in [5, 5.41) is 0. The standard InChI is InChI=1S/C7H9FN2S/c8-6-2-10(3-6)4-7-1-9-5-11-7/h1,5-6H,2-4H2. The van der Waals surface area contributed by atoms with E-state index in [1.807, 2.05) is 11.7 Å². The van der Waals surface area contributed by atoms with Crippen LogP contribution in [0.1, 0.15) is 4.88 Å². The topological polar surface area (TPSA) is 16.1 Å². The van der Waals surface area contributed by atoms with Crippen molar-refractivity contribution in [3.8, 4) is 0 Å². The van der Waals surface area contributed by atoms with Gasteiger partial charge in [0.25, 0.3) is 0 Å². The van der Waals surface area contributed by atoms with Crippen molar-refractivity contribution < 1.29 is 4.39 Å². The summed E-state index contributed by atoms with van der Waals surface area (Å²) in [5.74, 6) is 0. The number of hydrogen-bond donors (Lipinski definition) is 0. The number of rotatable bonds is 2.